The van der Waals surface area contributed by atoms with E-state index in [0.717, 1.165) is 18.0 Å². The van der Waals surface area contributed by atoms with Gasteiger partial charge in [0.05, 0.1) is 25.3 Å². The van der Waals surface area contributed by atoms with Crippen LogP contribution in [0.5, 0.6) is 5.75 Å². The van der Waals surface area contributed by atoms with E-state index in [-0.39, 0.29) is 5.56 Å². The van der Waals surface area contributed by atoms with Gasteiger partial charge in [0.15, 0.2) is 5.65 Å². The fourth-order valence-electron chi connectivity index (χ4n) is 2.57. The van der Waals surface area contributed by atoms with E-state index in [1.807, 2.05) is 24.3 Å². The lowest BCUT2D eigenvalue weighted by molar-refractivity contribution is 0.414. The molecule has 112 valence electrons. The molecule has 0 spiro atoms. The van der Waals surface area contributed by atoms with E-state index in [0.29, 0.717) is 17.0 Å². The van der Waals surface area contributed by atoms with Gasteiger partial charge in [-0.15, -0.1) is 0 Å². The highest BCUT2D eigenvalue weighted by molar-refractivity contribution is 5.74. The van der Waals surface area contributed by atoms with Crippen molar-refractivity contribution in [3.63, 3.8) is 0 Å². The first-order chi connectivity index (χ1) is 10.8. The standard InChI is InChI=1S/C16H16N4O2/c1-22-13-6-4-12(5-7-13)20-15-14(8-18-20)16(21)19(10-17-15)9-11-2-3-11/h4-8,10-11H,2-3,9H2,1H3. The summed E-state index contributed by atoms with van der Waals surface area (Å²) in [6.07, 6.45) is 5.63. The van der Waals surface area contributed by atoms with Gasteiger partial charge >= 0.3 is 0 Å². The Hall–Kier alpha value is -2.63. The first-order valence-electron chi connectivity index (χ1n) is 7.34. The van der Waals surface area contributed by atoms with Crippen molar-refractivity contribution in [2.24, 2.45) is 5.92 Å². The number of benzene rings is 1. The molecular weight excluding hydrogens is 280 g/mol. The smallest absolute Gasteiger partial charge is 0.264 e. The van der Waals surface area contributed by atoms with Gasteiger partial charge in [0, 0.05) is 6.54 Å². The number of hydrogen-bond acceptors (Lipinski definition) is 4. The second-order valence-corrected chi connectivity index (χ2v) is 5.64. The van der Waals surface area contributed by atoms with Gasteiger partial charge in [0.1, 0.15) is 11.1 Å². The second-order valence-electron chi connectivity index (χ2n) is 5.64. The number of fused-ring (bicyclic) bond motifs is 1. The summed E-state index contributed by atoms with van der Waals surface area (Å²) in [5.74, 6) is 1.41. The first kappa shape index (κ1) is 13.1. The lowest BCUT2D eigenvalue weighted by Gasteiger charge is -2.06. The Balaban J connectivity index is 1.78. The van der Waals surface area contributed by atoms with Crippen LogP contribution in [0.15, 0.2) is 41.6 Å². The van der Waals surface area contributed by atoms with Crippen LogP contribution in [0, 0.1) is 5.92 Å². The van der Waals surface area contributed by atoms with Gasteiger partial charge in [-0.05, 0) is 43.0 Å². The van der Waals surface area contributed by atoms with E-state index in [2.05, 4.69) is 10.1 Å². The summed E-state index contributed by atoms with van der Waals surface area (Å²) in [5.41, 5.74) is 1.42. The summed E-state index contributed by atoms with van der Waals surface area (Å²) >= 11 is 0. The lowest BCUT2D eigenvalue weighted by atomic mass is 10.3. The molecule has 0 aliphatic heterocycles. The molecule has 3 aromatic rings. The Morgan fingerprint density at radius 1 is 1.27 bits per heavy atom. The van der Waals surface area contributed by atoms with Gasteiger partial charge in [-0.25, -0.2) is 9.67 Å². The summed E-state index contributed by atoms with van der Waals surface area (Å²) in [7, 11) is 1.63. The van der Waals surface area contributed by atoms with Gasteiger partial charge in [0.25, 0.3) is 5.56 Å². The zero-order valence-corrected chi connectivity index (χ0v) is 12.3. The van der Waals surface area contributed by atoms with Gasteiger partial charge in [-0.3, -0.25) is 9.36 Å². The predicted octanol–water partition coefficient (Wildman–Crippen LogP) is 2.00. The molecule has 0 saturated heterocycles. The molecule has 4 rings (SSSR count). The van der Waals surface area contributed by atoms with E-state index < -0.39 is 0 Å². The Bertz CT molecular complexity index is 875. The minimum atomic E-state index is -0.0170. The van der Waals surface area contributed by atoms with E-state index in [1.54, 1.807) is 28.9 Å². The summed E-state index contributed by atoms with van der Waals surface area (Å²) in [4.78, 5) is 16.9. The molecule has 0 N–H and O–H groups in total. The topological polar surface area (TPSA) is 61.9 Å². The molecule has 0 bridgehead atoms. The number of ether oxygens (including phenoxy) is 1. The maximum Gasteiger partial charge on any atom is 0.264 e. The van der Waals surface area contributed by atoms with Gasteiger partial charge in [0.2, 0.25) is 0 Å². The van der Waals surface area contributed by atoms with Crippen molar-refractivity contribution in [2.75, 3.05) is 7.11 Å². The average Bonchev–Trinajstić information content (AvgIpc) is 3.26. The highest BCUT2D eigenvalue weighted by Gasteiger charge is 2.23. The highest BCUT2D eigenvalue weighted by Crippen LogP contribution is 2.30. The quantitative estimate of drug-likeness (QED) is 0.739. The SMILES string of the molecule is COc1ccc(-n2ncc3c(=O)n(CC4CC4)cnc32)cc1. The molecule has 0 atom stereocenters. The lowest BCUT2D eigenvalue weighted by Crippen LogP contribution is -2.21. The minimum Gasteiger partial charge on any atom is -0.497 e. The van der Waals surface area contributed by atoms with Gasteiger partial charge in [-0.1, -0.05) is 0 Å². The van der Waals surface area contributed by atoms with Crippen LogP contribution in [0.2, 0.25) is 0 Å². The molecule has 1 aliphatic carbocycles. The Morgan fingerprint density at radius 3 is 2.73 bits per heavy atom. The van der Waals surface area contributed by atoms with Crippen LogP contribution in [-0.4, -0.2) is 26.4 Å². The van der Waals surface area contributed by atoms with Gasteiger partial charge in [-0.2, -0.15) is 5.10 Å². The summed E-state index contributed by atoms with van der Waals surface area (Å²) in [6.45, 7) is 0.759. The minimum absolute atomic E-state index is 0.0170. The van der Waals surface area contributed by atoms with Crippen molar-refractivity contribution >= 4 is 11.0 Å². The van der Waals surface area contributed by atoms with E-state index in [1.165, 1.54) is 12.8 Å². The van der Waals surface area contributed by atoms with Crippen LogP contribution in [0.25, 0.3) is 16.7 Å². The third-order valence-corrected chi connectivity index (χ3v) is 4.02. The van der Waals surface area contributed by atoms with Crippen LogP contribution in [0.4, 0.5) is 0 Å². The number of rotatable bonds is 4. The van der Waals surface area contributed by atoms with Crippen LogP contribution in [0.1, 0.15) is 12.8 Å². The normalized spacial score (nSPS) is 14.4. The van der Waals surface area contributed by atoms with Crippen molar-refractivity contribution in [3.8, 4) is 11.4 Å². The molecule has 0 unspecified atom stereocenters. The molecule has 2 aromatic heterocycles. The largest absolute Gasteiger partial charge is 0.497 e. The summed E-state index contributed by atoms with van der Waals surface area (Å²) in [5, 5.41) is 4.87. The number of hydrogen-bond donors (Lipinski definition) is 0. The molecule has 22 heavy (non-hydrogen) atoms. The Kier molecular flexibility index (Phi) is 2.96. The monoisotopic (exact) mass is 296 g/mol. The van der Waals surface area contributed by atoms with Crippen molar-refractivity contribution in [1.29, 1.82) is 0 Å². The molecular formula is C16H16N4O2. The van der Waals surface area contributed by atoms with Crippen molar-refractivity contribution in [3.05, 3.63) is 47.1 Å². The van der Waals surface area contributed by atoms with E-state index >= 15 is 0 Å². The molecule has 1 saturated carbocycles. The number of methoxy groups -OCH3 is 1. The molecule has 6 nitrogen and oxygen atoms in total. The number of nitrogens with zero attached hydrogens (tertiary/aromatic N) is 4. The molecule has 1 aliphatic rings. The predicted molar refractivity (Wildman–Crippen MR) is 82.4 cm³/mol. The van der Waals surface area contributed by atoms with E-state index in [4.69, 9.17) is 4.74 Å². The van der Waals surface area contributed by atoms with Crippen molar-refractivity contribution in [2.45, 2.75) is 19.4 Å². The first-order valence-corrected chi connectivity index (χ1v) is 7.34. The van der Waals surface area contributed by atoms with Crippen molar-refractivity contribution in [1.82, 2.24) is 19.3 Å². The molecule has 1 aromatic carbocycles. The van der Waals surface area contributed by atoms with E-state index in [9.17, 15) is 4.79 Å². The molecule has 1 fully saturated rings. The maximum atomic E-state index is 12.5. The Morgan fingerprint density at radius 2 is 2.05 bits per heavy atom. The molecule has 0 amide bonds. The highest BCUT2D eigenvalue weighted by atomic mass is 16.5. The Labute approximate surface area is 127 Å². The van der Waals surface area contributed by atoms with Crippen LogP contribution in [-0.2, 0) is 6.54 Å². The summed E-state index contributed by atoms with van der Waals surface area (Å²) < 4.78 is 8.53. The van der Waals surface area contributed by atoms with Crippen LogP contribution >= 0.6 is 0 Å². The molecule has 6 heteroatoms. The number of aromatic nitrogens is 4. The second kappa shape index (κ2) is 4.98. The van der Waals surface area contributed by atoms with Gasteiger partial charge < -0.3 is 4.74 Å². The zero-order chi connectivity index (χ0) is 15.1. The van der Waals surface area contributed by atoms with Crippen LogP contribution < -0.4 is 10.3 Å². The molecule has 2 heterocycles. The third-order valence-electron chi connectivity index (χ3n) is 4.02. The zero-order valence-electron chi connectivity index (χ0n) is 12.3. The average molecular weight is 296 g/mol. The van der Waals surface area contributed by atoms with Crippen LogP contribution in [0.3, 0.4) is 0 Å². The maximum absolute atomic E-state index is 12.5. The fourth-order valence-corrected chi connectivity index (χ4v) is 2.57. The van der Waals surface area contributed by atoms with Crippen molar-refractivity contribution < 1.29 is 4.74 Å². The third kappa shape index (κ3) is 2.16. The summed E-state index contributed by atoms with van der Waals surface area (Å²) in [6, 6.07) is 7.50. The molecule has 0 radical (unpaired) electrons. The fraction of sp³-hybridized carbons (Fsp3) is 0.312.